The van der Waals surface area contributed by atoms with Crippen LogP contribution >= 0.6 is 0 Å². The van der Waals surface area contributed by atoms with Gasteiger partial charge in [0.25, 0.3) is 0 Å². The number of nitrogens with one attached hydrogen (secondary N) is 1. The van der Waals surface area contributed by atoms with Gasteiger partial charge in [0, 0.05) is 7.05 Å². The second-order valence-electron chi connectivity index (χ2n) is 5.08. The first-order chi connectivity index (χ1) is 8.65. The minimum absolute atomic E-state index is 0.122. The Kier molecular flexibility index (Phi) is 4.18. The molecular formula is C12H19N3O4. The molecule has 1 heterocycles. The minimum atomic E-state index is -1.14. The van der Waals surface area contributed by atoms with Crippen molar-refractivity contribution >= 4 is 17.9 Å². The Bertz CT molecular complexity index is 500. The van der Waals surface area contributed by atoms with Crippen molar-refractivity contribution in [3.8, 4) is 0 Å². The van der Waals surface area contributed by atoms with Gasteiger partial charge in [-0.2, -0.15) is 0 Å². The van der Waals surface area contributed by atoms with Gasteiger partial charge in [-0.25, -0.2) is 14.6 Å². The van der Waals surface area contributed by atoms with Crippen molar-refractivity contribution in [3.63, 3.8) is 0 Å². The molecule has 0 saturated carbocycles. The van der Waals surface area contributed by atoms with Crippen molar-refractivity contribution in [3.05, 3.63) is 11.5 Å². The van der Waals surface area contributed by atoms with Crippen molar-refractivity contribution in [1.82, 2.24) is 9.55 Å². The maximum atomic E-state index is 11.7. The minimum Gasteiger partial charge on any atom is -0.475 e. The smallest absolute Gasteiger partial charge is 0.413 e. The fraction of sp³-hybridized carbons (Fsp3) is 0.583. The molecule has 2 N–H and O–H groups in total. The summed E-state index contributed by atoms with van der Waals surface area (Å²) in [6.45, 7) is 7.08. The summed E-state index contributed by atoms with van der Waals surface area (Å²) in [6, 6.07) is 0. The molecule has 7 heteroatoms. The van der Waals surface area contributed by atoms with Crippen molar-refractivity contribution in [2.75, 3.05) is 5.32 Å². The molecule has 0 atom stereocenters. The molecule has 0 aliphatic heterocycles. The summed E-state index contributed by atoms with van der Waals surface area (Å²) in [5, 5.41) is 11.5. The number of anilines is 1. The van der Waals surface area contributed by atoms with Gasteiger partial charge >= 0.3 is 12.1 Å². The SMILES string of the molecule is CCc1c(NC(=O)OC(C)(C)C)nc(C(=O)O)n1C. The van der Waals surface area contributed by atoms with Gasteiger partial charge in [-0.3, -0.25) is 5.32 Å². The van der Waals surface area contributed by atoms with E-state index in [0.717, 1.165) is 0 Å². The number of ether oxygens (including phenoxy) is 1. The third-order valence-corrected chi connectivity index (χ3v) is 2.36. The highest BCUT2D eigenvalue weighted by molar-refractivity contribution is 5.88. The van der Waals surface area contributed by atoms with E-state index in [0.29, 0.717) is 12.1 Å². The summed E-state index contributed by atoms with van der Waals surface area (Å²) in [5.74, 6) is -1.05. The highest BCUT2D eigenvalue weighted by Crippen LogP contribution is 2.18. The molecule has 1 aromatic heterocycles. The fourth-order valence-electron chi connectivity index (χ4n) is 1.63. The Balaban J connectivity index is 2.98. The number of amides is 1. The van der Waals surface area contributed by atoms with Gasteiger partial charge in [0.1, 0.15) is 5.60 Å². The first kappa shape index (κ1) is 15.0. The first-order valence-corrected chi connectivity index (χ1v) is 5.94. The number of carbonyl (C=O) groups is 2. The maximum Gasteiger partial charge on any atom is 0.413 e. The molecule has 0 aliphatic rings. The van der Waals surface area contributed by atoms with Crippen molar-refractivity contribution in [2.45, 2.75) is 39.7 Å². The van der Waals surface area contributed by atoms with E-state index in [1.54, 1.807) is 27.8 Å². The summed E-state index contributed by atoms with van der Waals surface area (Å²) >= 11 is 0. The molecule has 0 aromatic carbocycles. The monoisotopic (exact) mass is 269 g/mol. The van der Waals surface area contributed by atoms with Crippen LogP contribution in [0.4, 0.5) is 10.6 Å². The van der Waals surface area contributed by atoms with E-state index in [9.17, 15) is 9.59 Å². The Hall–Kier alpha value is -2.05. The van der Waals surface area contributed by atoms with E-state index < -0.39 is 17.7 Å². The Morgan fingerprint density at radius 3 is 2.42 bits per heavy atom. The third-order valence-electron chi connectivity index (χ3n) is 2.36. The standard InChI is InChI=1S/C12H19N3O4/c1-6-7-8(13-9(10(16)17)15(7)5)14-11(18)19-12(2,3)4/h6H2,1-5H3,(H,14,18)(H,16,17). The van der Waals surface area contributed by atoms with Crippen LogP contribution in [0.1, 0.15) is 44.0 Å². The summed E-state index contributed by atoms with van der Waals surface area (Å²) in [7, 11) is 1.59. The van der Waals surface area contributed by atoms with Crippen LogP contribution in [0, 0.1) is 0 Å². The molecule has 7 nitrogen and oxygen atoms in total. The van der Waals surface area contributed by atoms with Gasteiger partial charge in [0.05, 0.1) is 5.69 Å². The quantitative estimate of drug-likeness (QED) is 0.875. The fourth-order valence-corrected chi connectivity index (χ4v) is 1.63. The highest BCUT2D eigenvalue weighted by atomic mass is 16.6. The van der Waals surface area contributed by atoms with Crippen molar-refractivity contribution < 1.29 is 19.4 Å². The molecule has 0 saturated heterocycles. The van der Waals surface area contributed by atoms with Gasteiger partial charge in [-0.15, -0.1) is 0 Å². The normalized spacial score (nSPS) is 11.2. The summed E-state index contributed by atoms with van der Waals surface area (Å²) < 4.78 is 6.54. The molecule has 0 unspecified atom stereocenters. The lowest BCUT2D eigenvalue weighted by atomic mass is 10.2. The van der Waals surface area contributed by atoms with Crippen LogP contribution < -0.4 is 5.32 Å². The average molecular weight is 269 g/mol. The lowest BCUT2D eigenvalue weighted by molar-refractivity contribution is 0.0631. The van der Waals surface area contributed by atoms with E-state index in [1.807, 2.05) is 6.92 Å². The average Bonchev–Trinajstić information content (AvgIpc) is 2.52. The van der Waals surface area contributed by atoms with Crippen LogP contribution in [0.2, 0.25) is 0 Å². The third kappa shape index (κ3) is 3.70. The number of hydrogen-bond donors (Lipinski definition) is 2. The van der Waals surface area contributed by atoms with Crippen LogP contribution in [0.5, 0.6) is 0 Å². The number of imidazole rings is 1. The van der Waals surface area contributed by atoms with E-state index in [1.165, 1.54) is 4.57 Å². The summed E-state index contributed by atoms with van der Waals surface area (Å²) in [4.78, 5) is 26.5. The number of aromatic nitrogens is 2. The maximum absolute atomic E-state index is 11.7. The van der Waals surface area contributed by atoms with Crippen LogP contribution in [0.25, 0.3) is 0 Å². The molecule has 0 spiro atoms. The number of aromatic carboxylic acids is 1. The van der Waals surface area contributed by atoms with Crippen molar-refractivity contribution in [2.24, 2.45) is 7.05 Å². The molecule has 1 rings (SSSR count). The lowest BCUT2D eigenvalue weighted by Gasteiger charge is -2.19. The van der Waals surface area contributed by atoms with Gasteiger partial charge in [0.2, 0.25) is 5.82 Å². The topological polar surface area (TPSA) is 93.4 Å². The number of nitrogens with zero attached hydrogens (tertiary/aromatic N) is 2. The molecule has 19 heavy (non-hydrogen) atoms. The predicted octanol–water partition coefficient (Wildman–Crippen LogP) is 2.03. The molecular weight excluding hydrogens is 250 g/mol. The van der Waals surface area contributed by atoms with E-state index in [-0.39, 0.29) is 11.6 Å². The van der Waals surface area contributed by atoms with Gasteiger partial charge in [0.15, 0.2) is 5.82 Å². The zero-order chi connectivity index (χ0) is 14.8. The van der Waals surface area contributed by atoms with Gasteiger partial charge in [-0.05, 0) is 27.2 Å². The molecule has 0 aliphatic carbocycles. The van der Waals surface area contributed by atoms with E-state index in [4.69, 9.17) is 9.84 Å². The summed E-state index contributed by atoms with van der Waals surface area (Å²) in [6.07, 6.45) is -0.112. The largest absolute Gasteiger partial charge is 0.475 e. The van der Waals surface area contributed by atoms with Gasteiger partial charge < -0.3 is 14.4 Å². The van der Waals surface area contributed by atoms with Crippen molar-refractivity contribution in [1.29, 1.82) is 0 Å². The highest BCUT2D eigenvalue weighted by Gasteiger charge is 2.22. The lowest BCUT2D eigenvalue weighted by Crippen LogP contribution is -2.27. The van der Waals surface area contributed by atoms with Crippen LogP contribution in [-0.2, 0) is 18.2 Å². The second kappa shape index (κ2) is 5.29. The Morgan fingerprint density at radius 2 is 2.00 bits per heavy atom. The number of hydrogen-bond acceptors (Lipinski definition) is 4. The Morgan fingerprint density at radius 1 is 1.42 bits per heavy atom. The summed E-state index contributed by atoms with van der Waals surface area (Å²) in [5.41, 5.74) is 0.00388. The van der Waals surface area contributed by atoms with E-state index >= 15 is 0 Å². The molecule has 0 radical (unpaired) electrons. The number of carboxylic acid groups (broad SMARTS) is 1. The predicted molar refractivity (Wildman–Crippen MR) is 69.4 cm³/mol. The zero-order valence-corrected chi connectivity index (χ0v) is 11.8. The second-order valence-corrected chi connectivity index (χ2v) is 5.08. The van der Waals surface area contributed by atoms with Gasteiger partial charge in [-0.1, -0.05) is 6.92 Å². The first-order valence-electron chi connectivity index (χ1n) is 5.94. The van der Waals surface area contributed by atoms with Crippen LogP contribution in [0.15, 0.2) is 0 Å². The van der Waals surface area contributed by atoms with Crippen LogP contribution in [0.3, 0.4) is 0 Å². The molecule has 106 valence electrons. The molecule has 0 fully saturated rings. The molecule has 1 aromatic rings. The number of carboxylic acids is 1. The number of carbonyl (C=O) groups excluding carboxylic acids is 1. The molecule has 0 bridgehead atoms. The molecule has 1 amide bonds. The number of rotatable bonds is 3. The van der Waals surface area contributed by atoms with Crippen LogP contribution in [-0.4, -0.2) is 32.3 Å². The Labute approximate surface area is 111 Å². The van der Waals surface area contributed by atoms with E-state index in [2.05, 4.69) is 10.3 Å². The zero-order valence-electron chi connectivity index (χ0n) is 11.8.